The molecule has 1 unspecified atom stereocenters. The van der Waals surface area contributed by atoms with Crippen molar-refractivity contribution >= 4 is 27.6 Å². The van der Waals surface area contributed by atoms with E-state index in [0.29, 0.717) is 19.5 Å². The molecule has 0 bridgehead atoms. The van der Waals surface area contributed by atoms with E-state index in [1.807, 2.05) is 35.2 Å². The Kier molecular flexibility index (Phi) is 6.00. The third kappa shape index (κ3) is 5.30. The third-order valence-electron chi connectivity index (χ3n) is 4.35. The Morgan fingerprint density at radius 2 is 1.70 bits per heavy atom. The van der Waals surface area contributed by atoms with Crippen molar-refractivity contribution in [1.82, 2.24) is 0 Å². The van der Waals surface area contributed by atoms with E-state index in [4.69, 9.17) is 18.1 Å². The fraction of sp³-hybridized carbons (Fsp3) is 0.611. The number of carbonyl (C=O) groups excluding carboxylic acids is 1. The van der Waals surface area contributed by atoms with Crippen molar-refractivity contribution < 1.29 is 27.5 Å². The van der Waals surface area contributed by atoms with Gasteiger partial charge in [0.1, 0.15) is 6.29 Å². The molecule has 150 valence electrons. The SMILES string of the molecule is CC1(C)COP(CN(CP2(=O)OCC(C)(C)C(=O)O2)c2ccccc2)OC1. The maximum Gasteiger partial charge on any atom is 0.400 e. The molecule has 27 heavy (non-hydrogen) atoms. The van der Waals surface area contributed by atoms with Gasteiger partial charge in [0.15, 0.2) is 8.38 Å². The molecule has 3 rings (SSSR count). The van der Waals surface area contributed by atoms with Gasteiger partial charge < -0.3 is 18.5 Å². The lowest BCUT2D eigenvalue weighted by Gasteiger charge is -2.38. The minimum atomic E-state index is -3.59. The molecule has 1 aromatic carbocycles. The number of nitrogens with zero attached hydrogens (tertiary/aromatic N) is 1. The summed E-state index contributed by atoms with van der Waals surface area (Å²) in [5.41, 5.74) is 0.0322. The molecule has 1 aromatic rings. The molecule has 2 aliphatic heterocycles. The van der Waals surface area contributed by atoms with Gasteiger partial charge in [-0.05, 0) is 26.0 Å². The van der Waals surface area contributed by atoms with E-state index in [-0.39, 0.29) is 18.3 Å². The van der Waals surface area contributed by atoms with Crippen LogP contribution in [0.25, 0.3) is 0 Å². The molecule has 2 heterocycles. The summed E-state index contributed by atoms with van der Waals surface area (Å²) in [6, 6.07) is 9.52. The van der Waals surface area contributed by atoms with E-state index < -0.39 is 27.4 Å². The molecule has 0 spiro atoms. The van der Waals surface area contributed by atoms with Gasteiger partial charge >= 0.3 is 13.6 Å². The molecule has 0 amide bonds. The Morgan fingerprint density at radius 1 is 1.07 bits per heavy atom. The highest BCUT2D eigenvalue weighted by molar-refractivity contribution is 7.54. The van der Waals surface area contributed by atoms with Gasteiger partial charge in [-0.2, -0.15) is 0 Å². The normalized spacial score (nSPS) is 27.8. The number of anilines is 1. The van der Waals surface area contributed by atoms with E-state index in [9.17, 15) is 9.36 Å². The summed E-state index contributed by atoms with van der Waals surface area (Å²) in [4.78, 5) is 14.0. The van der Waals surface area contributed by atoms with Crippen LogP contribution in [0, 0.1) is 10.8 Å². The minimum Gasteiger partial charge on any atom is -0.390 e. The fourth-order valence-corrected chi connectivity index (χ4v) is 6.33. The summed E-state index contributed by atoms with van der Waals surface area (Å²) in [7, 11) is -4.75. The zero-order valence-corrected chi connectivity index (χ0v) is 18.0. The number of rotatable bonds is 5. The highest BCUT2D eigenvalue weighted by atomic mass is 31.2. The van der Waals surface area contributed by atoms with Crippen molar-refractivity contribution in [2.75, 3.05) is 37.3 Å². The predicted octanol–water partition coefficient (Wildman–Crippen LogP) is 4.59. The summed E-state index contributed by atoms with van der Waals surface area (Å²) in [6.07, 6.45) is 0.386. The average Bonchev–Trinajstić information content (AvgIpc) is 2.61. The van der Waals surface area contributed by atoms with Crippen LogP contribution in [0.1, 0.15) is 27.7 Å². The topological polar surface area (TPSA) is 74.3 Å². The molecule has 7 nitrogen and oxygen atoms in total. The molecule has 9 heteroatoms. The first-order valence-corrected chi connectivity index (χ1v) is 12.0. The van der Waals surface area contributed by atoms with Crippen LogP contribution in [-0.2, 0) is 27.5 Å². The molecule has 0 saturated carbocycles. The molecule has 0 aromatic heterocycles. The van der Waals surface area contributed by atoms with Crippen molar-refractivity contribution in [3.63, 3.8) is 0 Å². The molecule has 2 aliphatic rings. The number of hydrogen-bond donors (Lipinski definition) is 0. The summed E-state index contributed by atoms with van der Waals surface area (Å²) in [6.45, 7) is 8.89. The van der Waals surface area contributed by atoms with Gasteiger partial charge in [0.25, 0.3) is 0 Å². The third-order valence-corrected chi connectivity index (χ3v) is 7.41. The first-order valence-electron chi connectivity index (χ1n) is 8.90. The van der Waals surface area contributed by atoms with Crippen molar-refractivity contribution in [3.8, 4) is 0 Å². The van der Waals surface area contributed by atoms with Crippen LogP contribution in [0.15, 0.2) is 30.3 Å². The van der Waals surface area contributed by atoms with Crippen LogP contribution in [0.2, 0.25) is 0 Å². The van der Waals surface area contributed by atoms with Crippen LogP contribution in [0.4, 0.5) is 5.69 Å². The summed E-state index contributed by atoms with van der Waals surface area (Å²) < 4.78 is 35.6. The van der Waals surface area contributed by atoms with E-state index in [2.05, 4.69) is 13.8 Å². The Hall–Kier alpha value is -0.970. The van der Waals surface area contributed by atoms with E-state index in [1.54, 1.807) is 13.8 Å². The van der Waals surface area contributed by atoms with E-state index >= 15 is 0 Å². The van der Waals surface area contributed by atoms with Crippen LogP contribution >= 0.6 is 16.0 Å². The Morgan fingerprint density at radius 3 is 2.30 bits per heavy atom. The molecule has 2 saturated heterocycles. The van der Waals surface area contributed by atoms with Crippen LogP contribution < -0.4 is 4.90 Å². The van der Waals surface area contributed by atoms with E-state index in [0.717, 1.165) is 5.69 Å². The van der Waals surface area contributed by atoms with Gasteiger partial charge in [-0.3, -0.25) is 9.32 Å². The molecular formula is C18H27NO6P2. The van der Waals surface area contributed by atoms with Crippen molar-refractivity contribution in [2.24, 2.45) is 10.8 Å². The van der Waals surface area contributed by atoms with E-state index in [1.165, 1.54) is 0 Å². The largest absolute Gasteiger partial charge is 0.400 e. The molecule has 0 N–H and O–H groups in total. The Bertz CT molecular complexity index is 714. The zero-order valence-electron chi connectivity index (χ0n) is 16.2. The number of hydrogen-bond acceptors (Lipinski definition) is 7. The Labute approximate surface area is 161 Å². The Balaban J connectivity index is 1.73. The van der Waals surface area contributed by atoms with Crippen molar-refractivity contribution in [1.29, 1.82) is 0 Å². The van der Waals surface area contributed by atoms with Crippen LogP contribution in [0.5, 0.6) is 0 Å². The molecule has 2 fully saturated rings. The molecule has 0 aliphatic carbocycles. The average molecular weight is 415 g/mol. The summed E-state index contributed by atoms with van der Waals surface area (Å²) in [5.74, 6) is -0.497. The van der Waals surface area contributed by atoms with Gasteiger partial charge in [-0.25, -0.2) is 4.57 Å². The van der Waals surface area contributed by atoms with Crippen molar-refractivity contribution in [3.05, 3.63) is 30.3 Å². The minimum absolute atomic E-state index is 0.0171. The van der Waals surface area contributed by atoms with Crippen molar-refractivity contribution in [2.45, 2.75) is 27.7 Å². The number of carbonyl (C=O) groups is 1. The highest BCUT2D eigenvalue weighted by Gasteiger charge is 2.45. The zero-order chi connectivity index (χ0) is 19.7. The first kappa shape index (κ1) is 20.8. The first-order chi connectivity index (χ1) is 12.6. The highest BCUT2D eigenvalue weighted by Crippen LogP contribution is 2.56. The number of para-hydroxylation sites is 1. The monoisotopic (exact) mass is 415 g/mol. The summed E-state index contributed by atoms with van der Waals surface area (Å²) in [5, 5.41) is 0. The second kappa shape index (κ2) is 7.81. The van der Waals surface area contributed by atoms with Gasteiger partial charge in [-0.15, -0.1) is 0 Å². The maximum atomic E-state index is 13.1. The second-order valence-corrected chi connectivity index (χ2v) is 11.8. The lowest BCUT2D eigenvalue weighted by Crippen LogP contribution is -2.38. The predicted molar refractivity (Wildman–Crippen MR) is 105 cm³/mol. The lowest BCUT2D eigenvalue weighted by atomic mass is 9.96. The molecule has 0 radical (unpaired) electrons. The fourth-order valence-electron chi connectivity index (χ4n) is 2.51. The number of benzene rings is 1. The quantitative estimate of drug-likeness (QED) is 0.652. The van der Waals surface area contributed by atoms with Gasteiger partial charge in [0.05, 0.1) is 31.5 Å². The van der Waals surface area contributed by atoms with Crippen LogP contribution in [-0.4, -0.2) is 38.4 Å². The molecule has 1 atom stereocenters. The summed E-state index contributed by atoms with van der Waals surface area (Å²) >= 11 is 0. The van der Waals surface area contributed by atoms with Crippen LogP contribution in [0.3, 0.4) is 0 Å². The van der Waals surface area contributed by atoms with Gasteiger partial charge in [0, 0.05) is 11.1 Å². The maximum absolute atomic E-state index is 13.1. The standard InChI is InChI=1S/C18H27NO6P2/c1-17(2)10-22-26(23-11-17)13-19(15-8-6-5-7-9-15)14-27(21)24-12-18(3,4)16(20)25-27/h5-9H,10-14H2,1-4H3. The lowest BCUT2D eigenvalue weighted by molar-refractivity contribution is -0.150. The molecular weight excluding hydrogens is 388 g/mol. The smallest absolute Gasteiger partial charge is 0.390 e. The second-order valence-electron chi connectivity index (χ2n) is 8.35. The van der Waals surface area contributed by atoms with Gasteiger partial charge in [0.2, 0.25) is 0 Å². The van der Waals surface area contributed by atoms with Gasteiger partial charge in [-0.1, -0.05) is 32.0 Å².